The molecule has 0 aromatic carbocycles. The van der Waals surface area contributed by atoms with Gasteiger partial charge in [-0.1, -0.05) is 12.2 Å². The number of esters is 1. The van der Waals surface area contributed by atoms with Crippen molar-refractivity contribution in [2.24, 2.45) is 5.92 Å². The number of hydrogen-bond donors (Lipinski definition) is 1. The van der Waals surface area contributed by atoms with E-state index in [0.717, 1.165) is 25.4 Å². The van der Waals surface area contributed by atoms with E-state index in [-0.39, 0.29) is 5.97 Å². The highest BCUT2D eigenvalue weighted by atomic mass is 16.5. The molecule has 1 N–H and O–H groups in total. The molecule has 0 saturated carbocycles. The van der Waals surface area contributed by atoms with Crippen LogP contribution >= 0.6 is 0 Å². The average molecular weight is 225 g/mol. The Morgan fingerprint density at radius 3 is 3.06 bits per heavy atom. The average Bonchev–Trinajstić information content (AvgIpc) is 2.30. The van der Waals surface area contributed by atoms with Crippen LogP contribution in [0.5, 0.6) is 0 Å². The topological polar surface area (TPSA) is 38.3 Å². The maximum Gasteiger partial charge on any atom is 0.305 e. The first kappa shape index (κ1) is 13.2. The third kappa shape index (κ3) is 5.91. The van der Waals surface area contributed by atoms with Crippen LogP contribution in [-0.4, -0.2) is 25.7 Å². The molecule has 0 saturated heterocycles. The standard InChI is InChI=1S/C13H23NO2/c1-2-16-13(15)9-6-10-14-11-12-7-4-3-5-8-12/h3-4,12,14H,2,5-11H2,1H3. The largest absolute Gasteiger partial charge is 0.466 e. The van der Waals surface area contributed by atoms with Crippen LogP contribution in [0.1, 0.15) is 39.0 Å². The predicted molar refractivity (Wildman–Crippen MR) is 65.2 cm³/mol. The van der Waals surface area contributed by atoms with Gasteiger partial charge >= 0.3 is 5.97 Å². The summed E-state index contributed by atoms with van der Waals surface area (Å²) in [5.41, 5.74) is 0. The predicted octanol–water partition coefficient (Wildman–Crippen LogP) is 2.28. The number of nitrogens with one attached hydrogen (secondary N) is 1. The summed E-state index contributed by atoms with van der Waals surface area (Å²) in [6.07, 6.45) is 9.65. The Morgan fingerprint density at radius 1 is 1.50 bits per heavy atom. The molecule has 1 unspecified atom stereocenters. The summed E-state index contributed by atoms with van der Waals surface area (Å²) in [7, 11) is 0. The van der Waals surface area contributed by atoms with E-state index in [1.807, 2.05) is 6.92 Å². The van der Waals surface area contributed by atoms with Gasteiger partial charge in [-0.05, 0) is 51.6 Å². The monoisotopic (exact) mass is 225 g/mol. The van der Waals surface area contributed by atoms with Crippen LogP contribution in [-0.2, 0) is 9.53 Å². The lowest BCUT2D eigenvalue weighted by atomic mass is 9.94. The van der Waals surface area contributed by atoms with Gasteiger partial charge in [0, 0.05) is 6.42 Å². The van der Waals surface area contributed by atoms with Gasteiger partial charge in [-0.25, -0.2) is 0 Å². The van der Waals surface area contributed by atoms with Crippen molar-refractivity contribution in [1.82, 2.24) is 5.32 Å². The van der Waals surface area contributed by atoms with E-state index < -0.39 is 0 Å². The molecule has 1 rings (SSSR count). The minimum absolute atomic E-state index is 0.0788. The molecule has 0 amide bonds. The van der Waals surface area contributed by atoms with Crippen molar-refractivity contribution >= 4 is 5.97 Å². The molecule has 0 heterocycles. The summed E-state index contributed by atoms with van der Waals surface area (Å²) in [4.78, 5) is 11.0. The minimum atomic E-state index is -0.0788. The van der Waals surface area contributed by atoms with Crippen molar-refractivity contribution < 1.29 is 9.53 Å². The normalized spacial score (nSPS) is 19.7. The van der Waals surface area contributed by atoms with Crippen LogP contribution in [0.25, 0.3) is 0 Å². The highest BCUT2D eigenvalue weighted by molar-refractivity contribution is 5.69. The van der Waals surface area contributed by atoms with Gasteiger partial charge in [0.25, 0.3) is 0 Å². The van der Waals surface area contributed by atoms with E-state index in [1.165, 1.54) is 19.3 Å². The summed E-state index contributed by atoms with van der Waals surface area (Å²) in [6, 6.07) is 0. The Labute approximate surface area is 98.2 Å². The SMILES string of the molecule is CCOC(=O)CCCNCC1CC=CCC1. The van der Waals surface area contributed by atoms with E-state index in [2.05, 4.69) is 17.5 Å². The second-order valence-corrected chi connectivity index (χ2v) is 4.26. The number of allylic oxidation sites excluding steroid dienone is 2. The Bertz CT molecular complexity index is 226. The first-order chi connectivity index (χ1) is 7.83. The quantitative estimate of drug-likeness (QED) is 0.410. The van der Waals surface area contributed by atoms with E-state index >= 15 is 0 Å². The van der Waals surface area contributed by atoms with Gasteiger partial charge in [0.1, 0.15) is 0 Å². The first-order valence-electron chi connectivity index (χ1n) is 6.34. The summed E-state index contributed by atoms with van der Waals surface area (Å²) in [6.45, 7) is 4.32. The van der Waals surface area contributed by atoms with E-state index in [4.69, 9.17) is 4.74 Å². The third-order valence-electron chi connectivity index (χ3n) is 2.85. The van der Waals surface area contributed by atoms with Crippen LogP contribution in [0.4, 0.5) is 0 Å². The molecule has 0 bridgehead atoms. The molecule has 0 aromatic rings. The summed E-state index contributed by atoms with van der Waals surface area (Å²) in [5.74, 6) is 0.706. The summed E-state index contributed by atoms with van der Waals surface area (Å²) >= 11 is 0. The zero-order valence-electron chi connectivity index (χ0n) is 10.2. The van der Waals surface area contributed by atoms with E-state index in [1.54, 1.807) is 0 Å². The molecule has 0 fully saturated rings. The molecule has 16 heavy (non-hydrogen) atoms. The Balaban J connectivity index is 1.91. The number of rotatable bonds is 7. The zero-order valence-corrected chi connectivity index (χ0v) is 10.2. The smallest absolute Gasteiger partial charge is 0.305 e. The second kappa shape index (κ2) is 8.34. The summed E-state index contributed by atoms with van der Waals surface area (Å²) in [5, 5.41) is 3.41. The van der Waals surface area contributed by atoms with Crippen molar-refractivity contribution in [1.29, 1.82) is 0 Å². The Kier molecular flexibility index (Phi) is 6.90. The Hall–Kier alpha value is -0.830. The highest BCUT2D eigenvalue weighted by Crippen LogP contribution is 2.16. The van der Waals surface area contributed by atoms with E-state index in [9.17, 15) is 4.79 Å². The van der Waals surface area contributed by atoms with Gasteiger partial charge in [0.15, 0.2) is 0 Å². The van der Waals surface area contributed by atoms with Crippen LogP contribution in [0.3, 0.4) is 0 Å². The van der Waals surface area contributed by atoms with Gasteiger partial charge in [-0.2, -0.15) is 0 Å². The molecule has 3 nitrogen and oxygen atoms in total. The van der Waals surface area contributed by atoms with Crippen molar-refractivity contribution in [2.75, 3.05) is 19.7 Å². The lowest BCUT2D eigenvalue weighted by molar-refractivity contribution is -0.143. The molecule has 1 aliphatic carbocycles. The lowest BCUT2D eigenvalue weighted by Crippen LogP contribution is -2.25. The molecule has 0 aromatic heterocycles. The van der Waals surface area contributed by atoms with Crippen molar-refractivity contribution in [3.8, 4) is 0 Å². The third-order valence-corrected chi connectivity index (χ3v) is 2.85. The maximum atomic E-state index is 11.0. The lowest BCUT2D eigenvalue weighted by Gasteiger charge is -2.17. The van der Waals surface area contributed by atoms with Crippen molar-refractivity contribution in [3.63, 3.8) is 0 Å². The number of ether oxygens (including phenoxy) is 1. The van der Waals surface area contributed by atoms with Gasteiger partial charge in [0.05, 0.1) is 6.61 Å². The molecule has 1 atom stereocenters. The van der Waals surface area contributed by atoms with E-state index in [0.29, 0.717) is 13.0 Å². The maximum absolute atomic E-state index is 11.0. The molecule has 0 aliphatic heterocycles. The fraction of sp³-hybridized carbons (Fsp3) is 0.769. The minimum Gasteiger partial charge on any atom is -0.466 e. The fourth-order valence-corrected chi connectivity index (χ4v) is 1.94. The zero-order chi connectivity index (χ0) is 11.6. The van der Waals surface area contributed by atoms with Crippen molar-refractivity contribution in [2.45, 2.75) is 39.0 Å². The summed E-state index contributed by atoms with van der Waals surface area (Å²) < 4.78 is 4.86. The molecule has 3 heteroatoms. The fourth-order valence-electron chi connectivity index (χ4n) is 1.94. The van der Waals surface area contributed by atoms with Gasteiger partial charge < -0.3 is 10.1 Å². The van der Waals surface area contributed by atoms with Crippen molar-refractivity contribution in [3.05, 3.63) is 12.2 Å². The molecule has 1 aliphatic rings. The first-order valence-corrected chi connectivity index (χ1v) is 6.34. The van der Waals surface area contributed by atoms with Gasteiger partial charge in [0.2, 0.25) is 0 Å². The van der Waals surface area contributed by atoms with Crippen LogP contribution in [0.2, 0.25) is 0 Å². The molecular weight excluding hydrogens is 202 g/mol. The molecular formula is C13H23NO2. The number of carbonyl (C=O) groups is 1. The van der Waals surface area contributed by atoms with Crippen LogP contribution in [0.15, 0.2) is 12.2 Å². The number of hydrogen-bond acceptors (Lipinski definition) is 3. The number of carbonyl (C=O) groups excluding carboxylic acids is 1. The van der Waals surface area contributed by atoms with Crippen LogP contribution in [0, 0.1) is 5.92 Å². The second-order valence-electron chi connectivity index (χ2n) is 4.26. The Morgan fingerprint density at radius 2 is 2.38 bits per heavy atom. The van der Waals surface area contributed by atoms with Crippen LogP contribution < -0.4 is 5.32 Å². The molecule has 0 radical (unpaired) electrons. The molecule has 92 valence electrons. The van der Waals surface area contributed by atoms with Gasteiger partial charge in [-0.3, -0.25) is 4.79 Å². The van der Waals surface area contributed by atoms with Gasteiger partial charge in [-0.15, -0.1) is 0 Å². The highest BCUT2D eigenvalue weighted by Gasteiger charge is 2.08. The molecule has 0 spiro atoms.